The van der Waals surface area contributed by atoms with Gasteiger partial charge in [-0.05, 0) is 71.5 Å². The van der Waals surface area contributed by atoms with E-state index in [1.165, 1.54) is 46.6 Å². The quantitative estimate of drug-likeness (QED) is 0.280. The summed E-state index contributed by atoms with van der Waals surface area (Å²) in [6.45, 7) is 9.08. The summed E-state index contributed by atoms with van der Waals surface area (Å²) in [6.07, 6.45) is 3.06. The molecule has 0 aliphatic heterocycles. The number of aryl methyl sites for hydroxylation is 1. The lowest BCUT2D eigenvalue weighted by molar-refractivity contribution is 0.414. The maximum absolute atomic E-state index is 4.78. The minimum atomic E-state index is 0.305. The van der Waals surface area contributed by atoms with Crippen LogP contribution in [0, 0.1) is 12.3 Å². The van der Waals surface area contributed by atoms with E-state index in [-0.39, 0.29) is 0 Å². The lowest BCUT2D eigenvalue weighted by atomic mass is 9.92. The molecule has 0 radical (unpaired) electrons. The van der Waals surface area contributed by atoms with Gasteiger partial charge in [-0.15, -0.1) is 22.7 Å². The number of hydrogen-bond acceptors (Lipinski definition) is 3. The molecule has 0 saturated heterocycles. The van der Waals surface area contributed by atoms with E-state index in [0.29, 0.717) is 5.41 Å². The Kier molecular flexibility index (Phi) is 4.76. The topological polar surface area (TPSA) is 12.9 Å². The third-order valence-electron chi connectivity index (χ3n) is 5.34. The lowest BCUT2D eigenvalue weighted by Gasteiger charge is -2.16. The summed E-state index contributed by atoms with van der Waals surface area (Å²) in [7, 11) is 0. The van der Waals surface area contributed by atoms with Gasteiger partial charge in [-0.2, -0.15) is 0 Å². The highest BCUT2D eigenvalue weighted by atomic mass is 32.1. The molecule has 150 valence electrons. The van der Waals surface area contributed by atoms with Crippen molar-refractivity contribution >= 4 is 43.5 Å². The van der Waals surface area contributed by atoms with Crippen LogP contribution in [0.2, 0.25) is 0 Å². The van der Waals surface area contributed by atoms with Gasteiger partial charge in [0.1, 0.15) is 0 Å². The molecule has 0 fully saturated rings. The van der Waals surface area contributed by atoms with Crippen molar-refractivity contribution < 1.29 is 0 Å². The molecule has 0 aliphatic rings. The van der Waals surface area contributed by atoms with Gasteiger partial charge in [0.05, 0.1) is 5.69 Å². The molecule has 2 aromatic carbocycles. The Bertz CT molecular complexity index is 1360. The summed E-state index contributed by atoms with van der Waals surface area (Å²) in [5.41, 5.74) is 3.84. The van der Waals surface area contributed by atoms with E-state index >= 15 is 0 Å². The highest BCUT2D eigenvalue weighted by Crippen LogP contribution is 2.40. The van der Waals surface area contributed by atoms with Crippen LogP contribution in [0.4, 0.5) is 0 Å². The second-order valence-electron chi connectivity index (χ2n) is 9.18. The van der Waals surface area contributed by atoms with Crippen molar-refractivity contribution in [2.45, 2.75) is 34.1 Å². The van der Waals surface area contributed by atoms with Crippen LogP contribution in [0.25, 0.3) is 42.6 Å². The van der Waals surface area contributed by atoms with Gasteiger partial charge in [0.25, 0.3) is 0 Å². The molecule has 0 N–H and O–H groups in total. The summed E-state index contributed by atoms with van der Waals surface area (Å²) < 4.78 is 1.33. The third kappa shape index (κ3) is 3.68. The Balaban J connectivity index is 1.63. The van der Waals surface area contributed by atoms with E-state index in [2.05, 4.69) is 88.4 Å². The monoisotopic (exact) mass is 427 g/mol. The van der Waals surface area contributed by atoms with E-state index in [9.17, 15) is 0 Å². The Morgan fingerprint density at radius 3 is 2.53 bits per heavy atom. The normalized spacial score (nSPS) is 12.1. The lowest BCUT2D eigenvalue weighted by Crippen LogP contribution is -2.07. The maximum atomic E-state index is 4.78. The maximum Gasteiger partial charge on any atom is 0.0723 e. The second-order valence-corrected chi connectivity index (χ2v) is 11.6. The van der Waals surface area contributed by atoms with Crippen LogP contribution < -0.4 is 0 Å². The third-order valence-corrected chi connectivity index (χ3v) is 7.56. The second kappa shape index (κ2) is 7.33. The van der Waals surface area contributed by atoms with Crippen molar-refractivity contribution in [3.63, 3.8) is 0 Å². The minimum absolute atomic E-state index is 0.305. The zero-order valence-corrected chi connectivity index (χ0v) is 19.5. The van der Waals surface area contributed by atoms with Crippen LogP contribution in [0.1, 0.15) is 30.5 Å². The molecule has 30 heavy (non-hydrogen) atoms. The average Bonchev–Trinajstić information content (AvgIpc) is 3.32. The standard InChI is InChI=1S/C27H25NS2/c1-17-13-22-21-8-6-5-7-18(21)14-23(26(22)29-17)24-15-19(11-12-28-24)25-10-9-20(30-25)16-27(2,3)4/h5-15H,16H2,1-4H3. The van der Waals surface area contributed by atoms with Gasteiger partial charge in [-0.1, -0.05) is 45.0 Å². The van der Waals surface area contributed by atoms with E-state index in [1.54, 1.807) is 0 Å². The zero-order valence-electron chi connectivity index (χ0n) is 17.8. The van der Waals surface area contributed by atoms with Gasteiger partial charge < -0.3 is 0 Å². The van der Waals surface area contributed by atoms with Crippen molar-refractivity contribution in [2.75, 3.05) is 0 Å². The molecule has 0 aliphatic carbocycles. The first kappa shape index (κ1) is 19.5. The number of benzene rings is 2. The smallest absolute Gasteiger partial charge is 0.0723 e. The first-order valence-electron chi connectivity index (χ1n) is 10.3. The fourth-order valence-electron chi connectivity index (χ4n) is 4.08. The Labute approximate surface area is 186 Å². The summed E-state index contributed by atoms with van der Waals surface area (Å²) in [5, 5.41) is 3.93. The number of pyridine rings is 1. The fraction of sp³-hybridized carbons (Fsp3) is 0.222. The van der Waals surface area contributed by atoms with E-state index in [4.69, 9.17) is 4.98 Å². The molecule has 3 heterocycles. The van der Waals surface area contributed by atoms with Crippen LogP contribution in [0.15, 0.2) is 66.9 Å². The number of rotatable bonds is 3. The van der Waals surface area contributed by atoms with Crippen LogP contribution in [0.3, 0.4) is 0 Å². The number of hydrogen-bond donors (Lipinski definition) is 0. The Morgan fingerprint density at radius 1 is 0.867 bits per heavy atom. The molecule has 5 rings (SSSR count). The first-order valence-corrected chi connectivity index (χ1v) is 12.0. The van der Waals surface area contributed by atoms with Crippen molar-refractivity contribution in [2.24, 2.45) is 5.41 Å². The van der Waals surface area contributed by atoms with E-state index in [1.807, 2.05) is 28.9 Å². The van der Waals surface area contributed by atoms with Crippen molar-refractivity contribution in [3.8, 4) is 21.7 Å². The highest BCUT2D eigenvalue weighted by Gasteiger charge is 2.15. The highest BCUT2D eigenvalue weighted by molar-refractivity contribution is 7.19. The van der Waals surface area contributed by atoms with Crippen molar-refractivity contribution in [3.05, 3.63) is 76.6 Å². The zero-order chi connectivity index (χ0) is 20.9. The SMILES string of the molecule is Cc1cc2c(s1)c(-c1cc(-c3ccc(CC(C)(C)C)s3)ccn1)cc1ccccc12. The molecule has 5 aromatic rings. The van der Waals surface area contributed by atoms with Gasteiger partial charge >= 0.3 is 0 Å². The van der Waals surface area contributed by atoms with Crippen LogP contribution >= 0.6 is 22.7 Å². The first-order chi connectivity index (χ1) is 14.4. The van der Waals surface area contributed by atoms with Gasteiger partial charge in [-0.3, -0.25) is 4.98 Å². The van der Waals surface area contributed by atoms with Gasteiger partial charge in [-0.25, -0.2) is 0 Å². The molecular formula is C27H25NS2. The van der Waals surface area contributed by atoms with Crippen molar-refractivity contribution in [1.29, 1.82) is 0 Å². The predicted octanol–water partition coefficient (Wildman–Crippen LogP) is 8.74. The van der Waals surface area contributed by atoms with Crippen molar-refractivity contribution in [1.82, 2.24) is 4.98 Å². The molecule has 3 aromatic heterocycles. The van der Waals surface area contributed by atoms with Crippen LogP contribution in [-0.4, -0.2) is 4.98 Å². The number of fused-ring (bicyclic) bond motifs is 3. The van der Waals surface area contributed by atoms with E-state index < -0.39 is 0 Å². The molecule has 3 heteroatoms. The summed E-state index contributed by atoms with van der Waals surface area (Å²) in [6, 6.07) is 22.2. The Morgan fingerprint density at radius 2 is 1.70 bits per heavy atom. The van der Waals surface area contributed by atoms with Crippen LogP contribution in [0.5, 0.6) is 0 Å². The molecule has 0 saturated carbocycles. The molecule has 1 nitrogen and oxygen atoms in total. The number of thiophene rings is 2. The minimum Gasteiger partial charge on any atom is -0.256 e. The summed E-state index contributed by atoms with van der Waals surface area (Å²) >= 11 is 3.77. The Hall–Kier alpha value is -2.49. The van der Waals surface area contributed by atoms with Crippen LogP contribution in [-0.2, 0) is 6.42 Å². The average molecular weight is 428 g/mol. The molecule has 0 bridgehead atoms. The summed E-state index contributed by atoms with van der Waals surface area (Å²) in [4.78, 5) is 8.88. The number of nitrogens with zero attached hydrogens (tertiary/aromatic N) is 1. The molecule has 0 unspecified atom stereocenters. The largest absolute Gasteiger partial charge is 0.256 e. The molecule has 0 spiro atoms. The van der Waals surface area contributed by atoms with E-state index in [0.717, 1.165) is 12.1 Å². The predicted molar refractivity (Wildman–Crippen MR) is 134 cm³/mol. The van der Waals surface area contributed by atoms with Gasteiger partial charge in [0, 0.05) is 36.5 Å². The molecule has 0 amide bonds. The number of aromatic nitrogens is 1. The van der Waals surface area contributed by atoms with Gasteiger partial charge in [0.15, 0.2) is 0 Å². The summed E-state index contributed by atoms with van der Waals surface area (Å²) in [5.74, 6) is 0. The molecular weight excluding hydrogens is 402 g/mol. The molecule has 0 atom stereocenters. The van der Waals surface area contributed by atoms with Gasteiger partial charge in [0.2, 0.25) is 0 Å². The fourth-order valence-corrected chi connectivity index (χ4v) is 6.43.